The minimum Gasteiger partial charge on any atom is -0.351 e. The smallest absolute Gasteiger partial charge is 0.224 e. The van der Waals surface area contributed by atoms with Gasteiger partial charge in [-0.1, -0.05) is 6.07 Å². The molecule has 0 aliphatic carbocycles. The van der Waals surface area contributed by atoms with Crippen LogP contribution in [0.5, 0.6) is 0 Å². The van der Waals surface area contributed by atoms with Crippen LogP contribution in [0.15, 0.2) is 23.7 Å². The molecular formula is C17H21N3OS. The highest BCUT2D eigenvalue weighted by Gasteiger charge is 2.40. The van der Waals surface area contributed by atoms with Gasteiger partial charge >= 0.3 is 0 Å². The summed E-state index contributed by atoms with van der Waals surface area (Å²) in [4.78, 5) is 19.2. The molecule has 1 aromatic carbocycles. The average Bonchev–Trinajstić information content (AvgIpc) is 2.99. The Morgan fingerprint density at radius 3 is 3.00 bits per heavy atom. The predicted octanol–water partition coefficient (Wildman–Crippen LogP) is 2.44. The van der Waals surface area contributed by atoms with Crippen molar-refractivity contribution in [3.8, 4) is 0 Å². The summed E-state index contributed by atoms with van der Waals surface area (Å²) in [5.41, 5.74) is 3.94. The average molecular weight is 315 g/mol. The van der Waals surface area contributed by atoms with Crippen LogP contribution in [0.2, 0.25) is 0 Å². The first kappa shape index (κ1) is 14.2. The van der Waals surface area contributed by atoms with E-state index < -0.39 is 0 Å². The molecule has 4 nitrogen and oxygen atoms in total. The number of nitrogens with one attached hydrogen (secondary N) is 1. The largest absolute Gasteiger partial charge is 0.351 e. The normalized spacial score (nSPS) is 30.6. The van der Waals surface area contributed by atoms with Gasteiger partial charge in [-0.3, -0.25) is 9.69 Å². The number of aromatic nitrogens is 1. The molecule has 1 aromatic heterocycles. The highest BCUT2D eigenvalue weighted by atomic mass is 32.1. The quantitative estimate of drug-likeness (QED) is 0.946. The summed E-state index contributed by atoms with van der Waals surface area (Å²) < 4.78 is 1.15. The zero-order chi connectivity index (χ0) is 15.1. The number of piperidine rings is 3. The van der Waals surface area contributed by atoms with Crippen LogP contribution in [0.4, 0.5) is 0 Å². The summed E-state index contributed by atoms with van der Waals surface area (Å²) in [7, 11) is 0. The highest BCUT2D eigenvalue weighted by molar-refractivity contribution is 7.16. The van der Waals surface area contributed by atoms with Gasteiger partial charge in [0.05, 0.1) is 22.1 Å². The van der Waals surface area contributed by atoms with Crippen LogP contribution in [0.1, 0.15) is 25.3 Å². The van der Waals surface area contributed by atoms with Crippen LogP contribution in [0.25, 0.3) is 10.2 Å². The number of hydrogen-bond donors (Lipinski definition) is 1. The van der Waals surface area contributed by atoms with E-state index in [0.29, 0.717) is 24.4 Å². The van der Waals surface area contributed by atoms with E-state index in [0.717, 1.165) is 15.8 Å². The molecule has 3 aliphatic rings. The summed E-state index contributed by atoms with van der Waals surface area (Å²) in [5.74, 6) is 0.808. The van der Waals surface area contributed by atoms with Gasteiger partial charge in [0, 0.05) is 12.1 Å². The number of rotatable bonds is 3. The molecule has 5 heteroatoms. The van der Waals surface area contributed by atoms with Crippen LogP contribution in [-0.2, 0) is 11.2 Å². The first-order valence-electron chi connectivity index (χ1n) is 8.06. The van der Waals surface area contributed by atoms with Gasteiger partial charge in [-0.05, 0) is 56.5 Å². The van der Waals surface area contributed by atoms with Crippen LogP contribution in [-0.4, -0.2) is 41.0 Å². The number of hydrogen-bond acceptors (Lipinski definition) is 4. The van der Waals surface area contributed by atoms with E-state index in [1.807, 2.05) is 17.6 Å². The maximum absolute atomic E-state index is 12.4. The second kappa shape index (κ2) is 5.63. The number of amides is 1. The molecule has 2 bridgehead atoms. The molecule has 0 radical (unpaired) electrons. The lowest BCUT2D eigenvalue weighted by Gasteiger charge is -2.50. The van der Waals surface area contributed by atoms with Crippen molar-refractivity contribution < 1.29 is 4.79 Å². The van der Waals surface area contributed by atoms with Crippen molar-refractivity contribution in [3.05, 3.63) is 29.3 Å². The molecule has 3 fully saturated rings. The van der Waals surface area contributed by atoms with Gasteiger partial charge in [0.15, 0.2) is 0 Å². The zero-order valence-electron chi connectivity index (χ0n) is 12.8. The molecule has 2 atom stereocenters. The fourth-order valence-corrected chi connectivity index (χ4v) is 4.72. The molecule has 2 aromatic rings. The molecular weight excluding hydrogens is 294 g/mol. The summed E-state index contributed by atoms with van der Waals surface area (Å²) >= 11 is 1.62. The lowest BCUT2D eigenvalue weighted by molar-refractivity contribution is -0.123. The molecule has 116 valence electrons. The lowest BCUT2D eigenvalue weighted by atomic mass is 9.79. The third kappa shape index (κ3) is 2.52. The van der Waals surface area contributed by atoms with Crippen LogP contribution in [0, 0.1) is 5.92 Å². The molecule has 0 spiro atoms. The summed E-state index contributed by atoms with van der Waals surface area (Å²) in [6.07, 6.45) is 2.91. The minimum absolute atomic E-state index is 0.148. The molecule has 22 heavy (non-hydrogen) atoms. The first-order chi connectivity index (χ1) is 10.7. The van der Waals surface area contributed by atoms with Crippen molar-refractivity contribution >= 4 is 27.5 Å². The van der Waals surface area contributed by atoms with Crippen LogP contribution in [0.3, 0.4) is 0 Å². The maximum Gasteiger partial charge on any atom is 0.224 e. The van der Waals surface area contributed by atoms with Gasteiger partial charge in [0.1, 0.15) is 0 Å². The van der Waals surface area contributed by atoms with E-state index in [1.54, 1.807) is 11.3 Å². The molecule has 3 saturated heterocycles. The van der Waals surface area contributed by atoms with Crippen molar-refractivity contribution in [1.82, 2.24) is 15.2 Å². The van der Waals surface area contributed by atoms with Crippen LogP contribution < -0.4 is 5.32 Å². The third-order valence-corrected chi connectivity index (χ3v) is 6.06. The van der Waals surface area contributed by atoms with Gasteiger partial charge in [-0.2, -0.15) is 0 Å². The maximum atomic E-state index is 12.4. The Hall–Kier alpha value is -1.46. The molecule has 0 unspecified atom stereocenters. The van der Waals surface area contributed by atoms with Crippen molar-refractivity contribution in [1.29, 1.82) is 0 Å². The van der Waals surface area contributed by atoms with Crippen LogP contribution >= 0.6 is 11.3 Å². The lowest BCUT2D eigenvalue weighted by Crippen LogP contribution is -2.62. The highest BCUT2D eigenvalue weighted by Crippen LogP contribution is 2.32. The molecule has 1 amide bonds. The standard InChI is InChI=1S/C17H21N3OS/c1-11-17(13-4-6-20(11)7-5-13)19-16(21)9-12-2-3-14-15(8-12)22-10-18-14/h2-3,8,10-11,13,17H,4-7,9H2,1H3,(H,19,21)/t11-,17+/m1/s1. The number of fused-ring (bicyclic) bond motifs is 4. The second-order valence-corrected chi connectivity index (χ2v) is 7.42. The number of benzene rings is 1. The predicted molar refractivity (Wildman–Crippen MR) is 89.0 cm³/mol. The van der Waals surface area contributed by atoms with Gasteiger partial charge in [-0.15, -0.1) is 11.3 Å². The second-order valence-electron chi connectivity index (χ2n) is 6.54. The Bertz CT molecular complexity index is 688. The van der Waals surface area contributed by atoms with E-state index >= 15 is 0 Å². The van der Waals surface area contributed by atoms with Crippen molar-refractivity contribution in [2.75, 3.05) is 13.1 Å². The van der Waals surface area contributed by atoms with Gasteiger partial charge in [0.2, 0.25) is 5.91 Å². The summed E-state index contributed by atoms with van der Waals surface area (Å²) in [5, 5.41) is 3.30. The fourth-order valence-electron chi connectivity index (χ4n) is 3.98. The number of thiazole rings is 1. The Labute approximate surface area is 134 Å². The molecule has 0 saturated carbocycles. The summed E-state index contributed by atoms with van der Waals surface area (Å²) in [6.45, 7) is 4.64. The van der Waals surface area contributed by atoms with E-state index in [1.165, 1.54) is 25.9 Å². The topological polar surface area (TPSA) is 45.2 Å². The van der Waals surface area contributed by atoms with E-state index in [9.17, 15) is 4.79 Å². The van der Waals surface area contributed by atoms with Crippen molar-refractivity contribution in [2.24, 2.45) is 5.92 Å². The molecule has 3 aliphatic heterocycles. The van der Waals surface area contributed by atoms with E-state index in [2.05, 4.69) is 28.2 Å². The SMILES string of the molecule is C[C@@H]1[C@H](NC(=O)Cc2ccc3ncsc3c2)C2CCN1CC2. The fraction of sp³-hybridized carbons (Fsp3) is 0.529. The summed E-state index contributed by atoms with van der Waals surface area (Å²) in [6, 6.07) is 6.90. The Kier molecular flexibility index (Phi) is 3.62. The van der Waals surface area contributed by atoms with Crippen molar-refractivity contribution in [2.45, 2.75) is 38.3 Å². The number of carbonyl (C=O) groups excluding carboxylic acids is 1. The monoisotopic (exact) mass is 315 g/mol. The number of nitrogens with zero attached hydrogens (tertiary/aromatic N) is 2. The molecule has 1 N–H and O–H groups in total. The number of carbonyl (C=O) groups is 1. The Morgan fingerprint density at radius 1 is 1.41 bits per heavy atom. The Balaban J connectivity index is 1.43. The van der Waals surface area contributed by atoms with Gasteiger partial charge in [-0.25, -0.2) is 4.98 Å². The van der Waals surface area contributed by atoms with Gasteiger partial charge in [0.25, 0.3) is 0 Å². The molecule has 4 heterocycles. The Morgan fingerprint density at radius 2 is 2.23 bits per heavy atom. The van der Waals surface area contributed by atoms with E-state index in [4.69, 9.17) is 0 Å². The van der Waals surface area contributed by atoms with Crippen molar-refractivity contribution in [3.63, 3.8) is 0 Å². The zero-order valence-corrected chi connectivity index (χ0v) is 13.6. The first-order valence-corrected chi connectivity index (χ1v) is 8.94. The van der Waals surface area contributed by atoms with Gasteiger partial charge < -0.3 is 5.32 Å². The third-order valence-electron chi connectivity index (χ3n) is 5.27. The minimum atomic E-state index is 0.148. The van der Waals surface area contributed by atoms with E-state index in [-0.39, 0.29) is 5.91 Å². The molecule has 5 rings (SSSR count).